The second-order valence-electron chi connectivity index (χ2n) is 5.34. The number of carbonyl (C=O) groups is 1. The highest BCUT2D eigenvalue weighted by Gasteiger charge is 2.32. The van der Waals surface area contributed by atoms with E-state index >= 15 is 0 Å². The molecule has 1 saturated heterocycles. The smallest absolute Gasteiger partial charge is 0.410 e. The van der Waals surface area contributed by atoms with Gasteiger partial charge in [0.25, 0.3) is 0 Å². The van der Waals surface area contributed by atoms with Crippen LogP contribution in [0.3, 0.4) is 0 Å². The molecule has 2 aliphatic rings. The minimum Gasteiger partial charge on any atom is -0.444 e. The van der Waals surface area contributed by atoms with Crippen molar-refractivity contribution in [3.63, 3.8) is 0 Å². The Hall–Kier alpha value is -1.26. The van der Waals surface area contributed by atoms with Gasteiger partial charge in [0, 0.05) is 37.7 Å². The lowest BCUT2D eigenvalue weighted by molar-refractivity contribution is 0.0228. The largest absolute Gasteiger partial charge is 0.444 e. The van der Waals surface area contributed by atoms with E-state index in [1.807, 2.05) is 20.8 Å². The van der Waals surface area contributed by atoms with Crippen LogP contribution in [0.2, 0.25) is 0 Å². The zero-order valence-corrected chi connectivity index (χ0v) is 10.1. The van der Waals surface area contributed by atoms with Crippen molar-refractivity contribution in [2.24, 2.45) is 11.0 Å². The highest BCUT2D eigenvalue weighted by atomic mass is 16.6. The molecule has 5 nitrogen and oxygen atoms in total. The molecule has 1 amide bonds. The summed E-state index contributed by atoms with van der Waals surface area (Å²) in [7, 11) is 0. The number of rotatable bonds is 0. The van der Waals surface area contributed by atoms with Gasteiger partial charge in [-0.3, -0.25) is 0 Å². The van der Waals surface area contributed by atoms with Gasteiger partial charge in [0.05, 0.1) is 0 Å². The lowest BCUT2D eigenvalue weighted by Gasteiger charge is -2.32. The van der Waals surface area contributed by atoms with Crippen molar-refractivity contribution >= 4 is 11.8 Å². The van der Waals surface area contributed by atoms with Gasteiger partial charge in [-0.15, -0.1) is 0 Å². The molecule has 16 heavy (non-hydrogen) atoms. The third-order valence-corrected chi connectivity index (χ3v) is 2.76. The number of hydrogen-bond acceptors (Lipinski definition) is 4. The summed E-state index contributed by atoms with van der Waals surface area (Å²) in [6.45, 7) is 7.94. The molecule has 1 atom stereocenters. The number of carbonyl (C=O) groups excluding carboxylic acids is 1. The Morgan fingerprint density at radius 1 is 1.56 bits per heavy atom. The number of hydrazone groups is 1. The monoisotopic (exact) mass is 225 g/mol. The highest BCUT2D eigenvalue weighted by Crippen LogP contribution is 2.19. The molecule has 1 N–H and O–H groups in total. The number of fused-ring (bicyclic) bond motifs is 1. The number of amides is 1. The predicted octanol–water partition coefficient (Wildman–Crippen LogP) is 1.20. The molecule has 0 saturated carbocycles. The molecule has 0 spiro atoms. The maximum atomic E-state index is 11.8. The quantitative estimate of drug-likeness (QED) is 0.674. The number of nitrogens with one attached hydrogen (secondary N) is 1. The van der Waals surface area contributed by atoms with E-state index in [1.165, 1.54) is 5.71 Å². The van der Waals surface area contributed by atoms with Gasteiger partial charge < -0.3 is 15.1 Å². The summed E-state index contributed by atoms with van der Waals surface area (Å²) >= 11 is 0. The van der Waals surface area contributed by atoms with Gasteiger partial charge in [0.15, 0.2) is 0 Å². The summed E-state index contributed by atoms with van der Waals surface area (Å²) in [6, 6.07) is 0. The third-order valence-electron chi connectivity index (χ3n) is 2.76. The molecular formula is C11H19N3O2. The average molecular weight is 225 g/mol. The van der Waals surface area contributed by atoms with Crippen LogP contribution in [0.4, 0.5) is 4.79 Å². The second-order valence-corrected chi connectivity index (χ2v) is 5.34. The normalized spacial score (nSPS) is 24.6. The maximum absolute atomic E-state index is 11.8. The van der Waals surface area contributed by atoms with Gasteiger partial charge in [-0.2, -0.15) is 5.10 Å². The van der Waals surface area contributed by atoms with Crippen molar-refractivity contribution in [1.29, 1.82) is 0 Å². The lowest BCUT2D eigenvalue weighted by Crippen LogP contribution is -2.46. The number of ether oxygens (including phenoxy) is 1. The minimum atomic E-state index is -0.417. The Balaban J connectivity index is 1.92. The minimum absolute atomic E-state index is 0.210. The Labute approximate surface area is 95.8 Å². The molecular weight excluding hydrogens is 206 g/mol. The fourth-order valence-electron chi connectivity index (χ4n) is 2.00. The molecule has 0 radical (unpaired) electrons. The van der Waals surface area contributed by atoms with E-state index in [9.17, 15) is 4.79 Å². The third kappa shape index (κ3) is 2.46. The van der Waals surface area contributed by atoms with Gasteiger partial charge in [0.1, 0.15) is 5.60 Å². The molecule has 1 unspecified atom stereocenters. The first-order valence-corrected chi connectivity index (χ1v) is 5.73. The molecule has 2 rings (SSSR count). The number of nitrogens with zero attached hydrogens (tertiary/aromatic N) is 2. The average Bonchev–Trinajstić information content (AvgIpc) is 2.61. The zero-order chi connectivity index (χ0) is 11.8. The van der Waals surface area contributed by atoms with Crippen LogP contribution in [0.5, 0.6) is 0 Å². The molecule has 0 aromatic rings. The Morgan fingerprint density at radius 2 is 2.31 bits per heavy atom. The van der Waals surface area contributed by atoms with E-state index in [0.717, 1.165) is 19.5 Å². The van der Waals surface area contributed by atoms with Gasteiger partial charge in [-0.25, -0.2) is 4.79 Å². The van der Waals surface area contributed by atoms with E-state index in [4.69, 9.17) is 4.74 Å². The Kier molecular flexibility index (Phi) is 2.78. The number of likely N-dealkylation sites (tertiary alicyclic amines) is 1. The van der Waals surface area contributed by atoms with Crippen molar-refractivity contribution < 1.29 is 9.53 Å². The van der Waals surface area contributed by atoms with Crippen LogP contribution in [0, 0.1) is 5.92 Å². The molecule has 2 heterocycles. The first-order chi connectivity index (χ1) is 7.46. The summed E-state index contributed by atoms with van der Waals surface area (Å²) in [4.78, 5) is 13.6. The highest BCUT2D eigenvalue weighted by molar-refractivity contribution is 5.90. The van der Waals surface area contributed by atoms with E-state index in [-0.39, 0.29) is 6.09 Å². The lowest BCUT2D eigenvalue weighted by atomic mass is 9.97. The molecule has 90 valence electrons. The zero-order valence-electron chi connectivity index (χ0n) is 10.1. The van der Waals surface area contributed by atoms with Crippen molar-refractivity contribution in [1.82, 2.24) is 10.3 Å². The van der Waals surface area contributed by atoms with Gasteiger partial charge >= 0.3 is 6.09 Å². The maximum Gasteiger partial charge on any atom is 0.410 e. The second kappa shape index (κ2) is 3.96. The molecule has 5 heteroatoms. The van der Waals surface area contributed by atoms with Crippen molar-refractivity contribution in [2.75, 3.05) is 19.6 Å². The standard InChI is InChI=1S/C11H19N3O2/c1-11(2,3)16-10(15)14-5-4-9-8(7-14)6-12-13-9/h8,12H,4-7H2,1-3H3. The van der Waals surface area contributed by atoms with E-state index < -0.39 is 5.60 Å². The van der Waals surface area contributed by atoms with E-state index in [0.29, 0.717) is 12.5 Å². The van der Waals surface area contributed by atoms with Gasteiger partial charge in [-0.1, -0.05) is 0 Å². The topological polar surface area (TPSA) is 53.9 Å². The molecule has 0 aromatic carbocycles. The molecule has 0 bridgehead atoms. The Bertz CT molecular complexity index is 320. The van der Waals surface area contributed by atoms with Crippen LogP contribution in [0.25, 0.3) is 0 Å². The summed E-state index contributed by atoms with van der Waals surface area (Å²) < 4.78 is 5.35. The van der Waals surface area contributed by atoms with Crippen molar-refractivity contribution in [3.05, 3.63) is 0 Å². The molecule has 0 aliphatic carbocycles. The summed E-state index contributed by atoms with van der Waals surface area (Å²) in [6.07, 6.45) is 0.648. The van der Waals surface area contributed by atoms with Crippen LogP contribution in [-0.2, 0) is 4.74 Å². The predicted molar refractivity (Wildman–Crippen MR) is 61.4 cm³/mol. The first kappa shape index (κ1) is 11.2. The SMILES string of the molecule is CC(C)(C)OC(=O)N1CCC2=NNCC2C1. The Morgan fingerprint density at radius 3 is 3.00 bits per heavy atom. The van der Waals surface area contributed by atoms with E-state index in [1.54, 1.807) is 4.90 Å². The fourth-order valence-corrected chi connectivity index (χ4v) is 2.00. The van der Waals surface area contributed by atoms with Gasteiger partial charge in [0.2, 0.25) is 0 Å². The molecule has 0 aromatic heterocycles. The fraction of sp³-hybridized carbons (Fsp3) is 0.818. The van der Waals surface area contributed by atoms with Crippen LogP contribution in [0.15, 0.2) is 5.10 Å². The molecule has 2 aliphatic heterocycles. The number of hydrogen-bond donors (Lipinski definition) is 1. The summed E-state index contributed by atoms with van der Waals surface area (Å²) in [5.41, 5.74) is 3.76. The van der Waals surface area contributed by atoms with Crippen molar-refractivity contribution in [3.8, 4) is 0 Å². The van der Waals surface area contributed by atoms with Crippen LogP contribution in [0.1, 0.15) is 27.2 Å². The number of piperidine rings is 1. The summed E-state index contributed by atoms with van der Waals surface area (Å²) in [5.74, 6) is 0.376. The van der Waals surface area contributed by atoms with Crippen LogP contribution < -0.4 is 5.43 Å². The first-order valence-electron chi connectivity index (χ1n) is 5.73. The molecule has 1 fully saturated rings. The van der Waals surface area contributed by atoms with Gasteiger partial charge in [-0.05, 0) is 20.8 Å². The summed E-state index contributed by atoms with van der Waals surface area (Å²) in [5, 5.41) is 4.21. The van der Waals surface area contributed by atoms with Crippen molar-refractivity contribution in [2.45, 2.75) is 32.8 Å². The van der Waals surface area contributed by atoms with E-state index in [2.05, 4.69) is 10.5 Å². The van der Waals surface area contributed by atoms with Crippen LogP contribution in [-0.4, -0.2) is 41.9 Å². The van der Waals surface area contributed by atoms with Crippen LogP contribution >= 0.6 is 0 Å².